The maximum absolute atomic E-state index is 5.72. The summed E-state index contributed by atoms with van der Waals surface area (Å²) in [5, 5.41) is 9.66. The van der Waals surface area contributed by atoms with Gasteiger partial charge in [0.15, 0.2) is 5.96 Å². The summed E-state index contributed by atoms with van der Waals surface area (Å²) in [6.45, 7) is 8.93. The van der Waals surface area contributed by atoms with Crippen molar-refractivity contribution in [1.82, 2.24) is 15.6 Å². The number of nitrogens with zero attached hydrogens (tertiary/aromatic N) is 2. The van der Waals surface area contributed by atoms with E-state index in [9.17, 15) is 0 Å². The first-order chi connectivity index (χ1) is 12.6. The van der Waals surface area contributed by atoms with E-state index in [4.69, 9.17) is 9.47 Å². The predicted octanol–water partition coefficient (Wildman–Crippen LogP) is 3.41. The molecule has 1 aromatic carbocycles. The van der Waals surface area contributed by atoms with Crippen LogP contribution >= 0.6 is 11.3 Å². The fourth-order valence-corrected chi connectivity index (χ4v) is 3.04. The first-order valence-electron chi connectivity index (χ1n) is 8.85. The molecule has 0 saturated carbocycles. The topological polar surface area (TPSA) is 67.8 Å². The number of nitrogens with one attached hydrogen (secondary N) is 2. The number of aliphatic imine (C=N–C) groups is 1. The molecule has 1 heterocycles. The fourth-order valence-electron chi connectivity index (χ4n) is 2.16. The van der Waals surface area contributed by atoms with Crippen LogP contribution in [0.2, 0.25) is 0 Å². The molecule has 0 spiro atoms. The van der Waals surface area contributed by atoms with Gasteiger partial charge in [-0.2, -0.15) is 0 Å². The Hall–Kier alpha value is -2.28. The van der Waals surface area contributed by atoms with Crippen LogP contribution in [0.3, 0.4) is 0 Å². The van der Waals surface area contributed by atoms with E-state index >= 15 is 0 Å². The van der Waals surface area contributed by atoms with Crippen molar-refractivity contribution in [2.75, 3.05) is 26.8 Å². The van der Waals surface area contributed by atoms with Crippen LogP contribution in [0.15, 0.2) is 34.6 Å². The molecule has 0 fully saturated rings. The van der Waals surface area contributed by atoms with Gasteiger partial charge in [-0.05, 0) is 37.1 Å². The summed E-state index contributed by atoms with van der Waals surface area (Å²) < 4.78 is 10.9. The molecule has 0 amide bonds. The van der Waals surface area contributed by atoms with E-state index in [1.807, 2.05) is 31.2 Å². The highest BCUT2D eigenvalue weighted by Crippen LogP contribution is 2.18. The second-order valence-corrected chi connectivity index (χ2v) is 6.91. The molecule has 2 aromatic rings. The summed E-state index contributed by atoms with van der Waals surface area (Å²) in [6.07, 6.45) is 0. The third-order valence-electron chi connectivity index (χ3n) is 3.60. The van der Waals surface area contributed by atoms with E-state index in [0.29, 0.717) is 25.6 Å². The molecule has 0 bridgehead atoms. The smallest absolute Gasteiger partial charge is 0.191 e. The molecule has 2 N–H and O–H groups in total. The number of hydrogen-bond acceptors (Lipinski definition) is 5. The molecular formula is C19H28N4O2S. The summed E-state index contributed by atoms with van der Waals surface area (Å²) in [6, 6.07) is 7.56. The predicted molar refractivity (Wildman–Crippen MR) is 108 cm³/mol. The maximum Gasteiger partial charge on any atom is 0.191 e. The van der Waals surface area contributed by atoms with Gasteiger partial charge in [-0.1, -0.05) is 13.8 Å². The highest BCUT2D eigenvalue weighted by atomic mass is 32.1. The van der Waals surface area contributed by atoms with Crippen LogP contribution in [0.4, 0.5) is 0 Å². The number of ether oxygens (including phenoxy) is 2. The molecule has 6 nitrogen and oxygen atoms in total. The molecule has 142 valence electrons. The van der Waals surface area contributed by atoms with Crippen LogP contribution in [-0.4, -0.2) is 37.7 Å². The van der Waals surface area contributed by atoms with Gasteiger partial charge in [-0.25, -0.2) is 9.98 Å². The third-order valence-corrected chi connectivity index (χ3v) is 4.45. The molecule has 0 radical (unpaired) electrons. The van der Waals surface area contributed by atoms with Crippen molar-refractivity contribution in [3.05, 3.63) is 40.3 Å². The molecule has 2 rings (SSSR count). The van der Waals surface area contributed by atoms with E-state index in [2.05, 4.69) is 39.8 Å². The first kappa shape index (κ1) is 20.0. The number of guanidine groups is 1. The lowest BCUT2D eigenvalue weighted by Crippen LogP contribution is -2.39. The molecule has 0 saturated heterocycles. The van der Waals surface area contributed by atoms with Gasteiger partial charge in [0.2, 0.25) is 0 Å². The van der Waals surface area contributed by atoms with Crippen molar-refractivity contribution in [2.45, 2.75) is 33.2 Å². The van der Waals surface area contributed by atoms with Gasteiger partial charge in [0, 0.05) is 11.9 Å². The van der Waals surface area contributed by atoms with Gasteiger partial charge in [-0.3, -0.25) is 0 Å². The van der Waals surface area contributed by atoms with Crippen LogP contribution < -0.4 is 20.1 Å². The Morgan fingerprint density at radius 1 is 1.19 bits per heavy atom. The fraction of sp³-hybridized carbons (Fsp3) is 0.474. The van der Waals surface area contributed by atoms with Crippen LogP contribution in [0.25, 0.3) is 0 Å². The van der Waals surface area contributed by atoms with Crippen molar-refractivity contribution in [2.24, 2.45) is 4.99 Å². The maximum atomic E-state index is 5.72. The number of hydrogen-bond donors (Lipinski definition) is 2. The summed E-state index contributed by atoms with van der Waals surface area (Å²) >= 11 is 1.66. The van der Waals surface area contributed by atoms with E-state index in [1.54, 1.807) is 18.4 Å². The Labute approximate surface area is 159 Å². The van der Waals surface area contributed by atoms with Crippen molar-refractivity contribution < 1.29 is 9.47 Å². The Kier molecular flexibility index (Phi) is 8.21. The Morgan fingerprint density at radius 3 is 2.54 bits per heavy atom. The minimum atomic E-state index is 0.449. The molecule has 26 heavy (non-hydrogen) atoms. The zero-order chi connectivity index (χ0) is 18.8. The number of rotatable bonds is 9. The molecule has 0 unspecified atom stereocenters. The molecule has 7 heteroatoms. The first-order valence-corrected chi connectivity index (χ1v) is 9.73. The Bertz CT molecular complexity index is 683. The van der Waals surface area contributed by atoms with Crippen LogP contribution in [0, 0.1) is 0 Å². The largest absolute Gasteiger partial charge is 0.497 e. The lowest BCUT2D eigenvalue weighted by Gasteiger charge is -2.12. The second kappa shape index (κ2) is 10.7. The van der Waals surface area contributed by atoms with Crippen LogP contribution in [-0.2, 0) is 6.54 Å². The normalized spacial score (nSPS) is 11.5. The van der Waals surface area contributed by atoms with E-state index in [-0.39, 0.29) is 0 Å². The van der Waals surface area contributed by atoms with Gasteiger partial charge >= 0.3 is 0 Å². The summed E-state index contributed by atoms with van der Waals surface area (Å²) in [5.41, 5.74) is 1.13. The van der Waals surface area contributed by atoms with Gasteiger partial charge in [0.1, 0.15) is 23.1 Å². The molecule has 1 aromatic heterocycles. The average Bonchev–Trinajstić information content (AvgIpc) is 3.13. The minimum Gasteiger partial charge on any atom is -0.497 e. The quantitative estimate of drug-likeness (QED) is 0.399. The van der Waals surface area contributed by atoms with Crippen molar-refractivity contribution in [3.63, 3.8) is 0 Å². The Balaban J connectivity index is 1.78. The minimum absolute atomic E-state index is 0.449. The molecular weight excluding hydrogens is 348 g/mol. The highest BCUT2D eigenvalue weighted by molar-refractivity contribution is 7.09. The molecule has 0 aliphatic rings. The molecule has 0 aliphatic heterocycles. The third kappa shape index (κ3) is 6.55. The molecule has 0 atom stereocenters. The van der Waals surface area contributed by atoms with E-state index in [1.165, 1.54) is 0 Å². The summed E-state index contributed by atoms with van der Waals surface area (Å²) in [4.78, 5) is 9.21. The van der Waals surface area contributed by atoms with Crippen molar-refractivity contribution >= 4 is 17.3 Å². The standard InChI is InChI=1S/C19H28N4O2S/c1-5-20-19(22-12-18-23-17(13-26-18)14(2)3)21-10-11-25-16-8-6-15(24-4)7-9-16/h6-9,13-14H,5,10-12H2,1-4H3,(H2,20,21,22). The van der Waals surface area contributed by atoms with Gasteiger partial charge < -0.3 is 20.1 Å². The number of aromatic nitrogens is 1. The number of methoxy groups -OCH3 is 1. The number of thiazole rings is 1. The highest BCUT2D eigenvalue weighted by Gasteiger charge is 2.05. The van der Waals surface area contributed by atoms with E-state index in [0.717, 1.165) is 34.7 Å². The van der Waals surface area contributed by atoms with Gasteiger partial charge in [-0.15, -0.1) is 11.3 Å². The van der Waals surface area contributed by atoms with Crippen LogP contribution in [0.5, 0.6) is 11.5 Å². The van der Waals surface area contributed by atoms with Crippen molar-refractivity contribution in [1.29, 1.82) is 0 Å². The van der Waals surface area contributed by atoms with Gasteiger partial charge in [0.25, 0.3) is 0 Å². The monoisotopic (exact) mass is 376 g/mol. The molecule has 0 aliphatic carbocycles. The Morgan fingerprint density at radius 2 is 1.92 bits per heavy atom. The summed E-state index contributed by atoms with van der Waals surface area (Å²) in [7, 11) is 1.65. The SMILES string of the molecule is CCNC(=NCc1nc(C(C)C)cs1)NCCOc1ccc(OC)cc1. The second-order valence-electron chi connectivity index (χ2n) is 5.97. The lowest BCUT2D eigenvalue weighted by atomic mass is 10.2. The average molecular weight is 377 g/mol. The zero-order valence-corrected chi connectivity index (χ0v) is 16.7. The summed E-state index contributed by atoms with van der Waals surface area (Å²) in [5.74, 6) is 2.86. The zero-order valence-electron chi connectivity index (χ0n) is 15.9. The van der Waals surface area contributed by atoms with Crippen molar-refractivity contribution in [3.8, 4) is 11.5 Å². The van der Waals surface area contributed by atoms with E-state index < -0.39 is 0 Å². The van der Waals surface area contributed by atoms with Crippen LogP contribution in [0.1, 0.15) is 37.4 Å². The lowest BCUT2D eigenvalue weighted by molar-refractivity contribution is 0.321. The number of benzene rings is 1. The van der Waals surface area contributed by atoms with Gasteiger partial charge in [0.05, 0.1) is 25.9 Å².